The predicted molar refractivity (Wildman–Crippen MR) is 123 cm³/mol. The van der Waals surface area contributed by atoms with E-state index >= 15 is 0 Å². The van der Waals surface area contributed by atoms with Crippen molar-refractivity contribution in [2.75, 3.05) is 20.3 Å². The van der Waals surface area contributed by atoms with Gasteiger partial charge in [-0.2, -0.15) is 0 Å². The van der Waals surface area contributed by atoms with E-state index in [1.807, 2.05) is 24.3 Å². The summed E-state index contributed by atoms with van der Waals surface area (Å²) < 4.78 is 38.4. The highest BCUT2D eigenvalue weighted by atomic mass is 32.2. The number of nitrogens with one attached hydrogen (secondary N) is 2. The molecule has 1 aliphatic carbocycles. The van der Waals surface area contributed by atoms with E-state index in [2.05, 4.69) is 10.0 Å². The number of benzene rings is 2. The van der Waals surface area contributed by atoms with Gasteiger partial charge >= 0.3 is 0 Å². The quantitative estimate of drug-likeness (QED) is 0.473. The third kappa shape index (κ3) is 7.53. The number of carbonyl (C=O) groups excluding carboxylic acids is 1. The highest BCUT2D eigenvalue weighted by molar-refractivity contribution is 7.89. The minimum atomic E-state index is -3.47. The zero-order valence-electron chi connectivity index (χ0n) is 18.5. The van der Waals surface area contributed by atoms with Crippen LogP contribution < -0.4 is 19.5 Å². The van der Waals surface area contributed by atoms with Crippen molar-refractivity contribution in [1.82, 2.24) is 10.0 Å². The van der Waals surface area contributed by atoms with Crippen molar-refractivity contribution in [3.8, 4) is 11.5 Å². The lowest BCUT2D eigenvalue weighted by Gasteiger charge is -2.13. The smallest absolute Gasteiger partial charge is 0.240 e. The third-order valence-electron chi connectivity index (χ3n) is 5.52. The first kappa shape index (κ1) is 24.1. The molecule has 0 unspecified atom stereocenters. The summed E-state index contributed by atoms with van der Waals surface area (Å²) in [6.45, 7) is 0.967. The van der Waals surface area contributed by atoms with Crippen LogP contribution in [0.2, 0.25) is 0 Å². The molecule has 3 rings (SSSR count). The molecule has 8 heteroatoms. The molecule has 1 aliphatic rings. The maximum absolute atomic E-state index is 12.5. The minimum Gasteiger partial charge on any atom is -0.497 e. The van der Waals surface area contributed by atoms with E-state index in [9.17, 15) is 13.2 Å². The highest BCUT2D eigenvalue weighted by Crippen LogP contribution is 2.21. The molecule has 32 heavy (non-hydrogen) atoms. The van der Waals surface area contributed by atoms with Crippen molar-refractivity contribution in [2.45, 2.75) is 55.9 Å². The van der Waals surface area contributed by atoms with Crippen LogP contribution in [0.4, 0.5) is 0 Å². The zero-order chi connectivity index (χ0) is 22.8. The summed E-state index contributed by atoms with van der Waals surface area (Å²) in [4.78, 5) is 12.3. The fourth-order valence-corrected chi connectivity index (χ4v) is 5.00. The predicted octanol–water partition coefficient (Wildman–Crippen LogP) is 3.43. The largest absolute Gasteiger partial charge is 0.497 e. The summed E-state index contributed by atoms with van der Waals surface area (Å²) in [5, 5.41) is 2.90. The first-order valence-electron chi connectivity index (χ1n) is 11.1. The van der Waals surface area contributed by atoms with Gasteiger partial charge in [0.2, 0.25) is 15.9 Å². The fourth-order valence-electron chi connectivity index (χ4n) is 3.70. The Kier molecular flexibility index (Phi) is 8.93. The number of hydrogen-bond acceptors (Lipinski definition) is 5. The Bertz CT molecular complexity index is 953. The van der Waals surface area contributed by atoms with E-state index in [-0.39, 0.29) is 16.8 Å². The van der Waals surface area contributed by atoms with Gasteiger partial charge in [-0.3, -0.25) is 4.79 Å². The molecule has 0 spiro atoms. The minimum absolute atomic E-state index is 0.0247. The van der Waals surface area contributed by atoms with Crippen LogP contribution in [0.25, 0.3) is 0 Å². The van der Waals surface area contributed by atoms with Gasteiger partial charge in [-0.05, 0) is 67.6 Å². The molecule has 1 saturated carbocycles. The van der Waals surface area contributed by atoms with Crippen molar-refractivity contribution in [3.63, 3.8) is 0 Å². The molecule has 0 saturated heterocycles. The molecule has 174 valence electrons. The number of amides is 1. The number of rotatable bonds is 12. The average Bonchev–Trinajstić information content (AvgIpc) is 3.30. The second-order valence-electron chi connectivity index (χ2n) is 7.97. The normalized spacial score (nSPS) is 14.3. The van der Waals surface area contributed by atoms with E-state index < -0.39 is 10.0 Å². The molecule has 7 nitrogen and oxygen atoms in total. The molecular weight excluding hydrogens is 428 g/mol. The molecule has 1 amide bonds. The summed E-state index contributed by atoms with van der Waals surface area (Å²) in [7, 11) is -1.85. The Morgan fingerprint density at radius 3 is 2.31 bits per heavy atom. The molecule has 0 heterocycles. The molecule has 0 aromatic heterocycles. The van der Waals surface area contributed by atoms with Gasteiger partial charge in [0.15, 0.2) is 0 Å². The number of sulfonamides is 1. The van der Waals surface area contributed by atoms with Gasteiger partial charge in [0.1, 0.15) is 11.5 Å². The van der Waals surface area contributed by atoms with E-state index in [1.165, 1.54) is 0 Å². The van der Waals surface area contributed by atoms with Crippen LogP contribution in [0.15, 0.2) is 53.4 Å². The van der Waals surface area contributed by atoms with Crippen LogP contribution in [0.5, 0.6) is 11.5 Å². The highest BCUT2D eigenvalue weighted by Gasteiger charge is 2.22. The molecule has 2 aromatic carbocycles. The van der Waals surface area contributed by atoms with E-state index in [0.717, 1.165) is 42.7 Å². The van der Waals surface area contributed by atoms with E-state index in [4.69, 9.17) is 9.47 Å². The summed E-state index contributed by atoms with van der Waals surface area (Å²) in [5.41, 5.74) is 0.980. The van der Waals surface area contributed by atoms with Crippen LogP contribution >= 0.6 is 0 Å². The van der Waals surface area contributed by atoms with Crippen molar-refractivity contribution < 1.29 is 22.7 Å². The van der Waals surface area contributed by atoms with Gasteiger partial charge in [-0.15, -0.1) is 0 Å². The Morgan fingerprint density at radius 2 is 1.66 bits per heavy atom. The lowest BCUT2D eigenvalue weighted by Crippen LogP contribution is -2.32. The van der Waals surface area contributed by atoms with E-state index in [1.54, 1.807) is 31.4 Å². The van der Waals surface area contributed by atoms with Gasteiger partial charge in [0.25, 0.3) is 0 Å². The lowest BCUT2D eigenvalue weighted by atomic mass is 10.1. The topological polar surface area (TPSA) is 93.7 Å². The molecule has 2 N–H and O–H groups in total. The van der Waals surface area contributed by atoms with Crippen molar-refractivity contribution in [1.29, 1.82) is 0 Å². The zero-order valence-corrected chi connectivity index (χ0v) is 19.3. The van der Waals surface area contributed by atoms with Crippen molar-refractivity contribution in [2.24, 2.45) is 0 Å². The van der Waals surface area contributed by atoms with Crippen LogP contribution in [0, 0.1) is 0 Å². The van der Waals surface area contributed by atoms with Gasteiger partial charge in [-0.1, -0.05) is 25.0 Å². The van der Waals surface area contributed by atoms with Gasteiger partial charge in [0.05, 0.1) is 18.6 Å². The SMILES string of the molecule is COc1ccc(OCCCC(=O)NCCc2ccc(S(=O)(=O)NC3CCCC3)cc2)cc1. The van der Waals surface area contributed by atoms with Crippen LogP contribution in [-0.2, 0) is 21.2 Å². The van der Waals surface area contributed by atoms with Crippen LogP contribution in [-0.4, -0.2) is 40.6 Å². The first-order valence-corrected chi connectivity index (χ1v) is 12.6. The average molecular weight is 461 g/mol. The Morgan fingerprint density at radius 1 is 1.00 bits per heavy atom. The third-order valence-corrected chi connectivity index (χ3v) is 7.06. The molecular formula is C24H32N2O5S. The Labute approximate surface area is 190 Å². The Hall–Kier alpha value is -2.58. The van der Waals surface area contributed by atoms with Gasteiger partial charge in [0, 0.05) is 19.0 Å². The molecule has 1 fully saturated rings. The maximum atomic E-state index is 12.5. The summed E-state index contributed by atoms with van der Waals surface area (Å²) in [5.74, 6) is 1.49. The van der Waals surface area contributed by atoms with Gasteiger partial charge < -0.3 is 14.8 Å². The summed E-state index contributed by atoms with van der Waals surface area (Å²) >= 11 is 0. The maximum Gasteiger partial charge on any atom is 0.240 e. The first-order chi connectivity index (χ1) is 15.5. The second kappa shape index (κ2) is 11.9. The van der Waals surface area contributed by atoms with Crippen molar-refractivity contribution >= 4 is 15.9 Å². The van der Waals surface area contributed by atoms with Crippen LogP contribution in [0.3, 0.4) is 0 Å². The summed E-state index contributed by atoms with van der Waals surface area (Å²) in [6.07, 6.45) is 5.62. The van der Waals surface area contributed by atoms with Crippen LogP contribution in [0.1, 0.15) is 44.1 Å². The molecule has 0 bridgehead atoms. The number of ether oxygens (including phenoxy) is 2. The monoisotopic (exact) mass is 460 g/mol. The lowest BCUT2D eigenvalue weighted by molar-refractivity contribution is -0.121. The van der Waals surface area contributed by atoms with Gasteiger partial charge in [-0.25, -0.2) is 13.1 Å². The molecule has 0 aliphatic heterocycles. The van der Waals surface area contributed by atoms with Crippen molar-refractivity contribution in [3.05, 3.63) is 54.1 Å². The standard InChI is InChI=1S/C24H32N2O5S/c1-30-21-10-12-22(13-11-21)31-18-4-7-24(27)25-17-16-19-8-14-23(15-9-19)32(28,29)26-20-5-2-3-6-20/h8-15,20,26H,2-7,16-18H2,1H3,(H,25,27). The van der Waals surface area contributed by atoms with E-state index in [0.29, 0.717) is 32.4 Å². The fraction of sp³-hybridized carbons (Fsp3) is 0.458. The number of carbonyl (C=O) groups is 1. The molecule has 0 radical (unpaired) electrons. The molecule has 0 atom stereocenters. The second-order valence-corrected chi connectivity index (χ2v) is 9.69. The number of methoxy groups -OCH3 is 1. The summed E-state index contributed by atoms with van der Waals surface area (Å²) in [6, 6.07) is 14.2. The Balaban J connectivity index is 1.32. The molecule has 2 aromatic rings. The number of hydrogen-bond donors (Lipinski definition) is 2.